The second kappa shape index (κ2) is 3.40. The molecule has 0 aromatic carbocycles. The van der Waals surface area contributed by atoms with Crippen LogP contribution in [0.4, 0.5) is 0 Å². The van der Waals surface area contributed by atoms with E-state index in [2.05, 4.69) is 0 Å². The molecule has 2 heterocycles. The first-order valence-electron chi connectivity index (χ1n) is 4.90. The Balaban J connectivity index is 2.13. The molecule has 2 bridgehead atoms. The number of fused-ring (bicyclic) bond motifs is 2. The van der Waals surface area contributed by atoms with Crippen LogP contribution in [0.15, 0.2) is 12.2 Å². The van der Waals surface area contributed by atoms with Crippen molar-refractivity contribution in [1.29, 1.82) is 0 Å². The van der Waals surface area contributed by atoms with Gasteiger partial charge < -0.3 is 14.9 Å². The maximum Gasteiger partial charge on any atom is 0.0822 e. The molecule has 2 rings (SSSR count). The molecule has 0 spiro atoms. The number of aliphatic hydroxyl groups is 2. The largest absolute Gasteiger partial charge is 0.396 e. The maximum absolute atomic E-state index is 9.76. The van der Waals surface area contributed by atoms with Crippen molar-refractivity contribution in [1.82, 2.24) is 0 Å². The average molecular weight is 184 g/mol. The number of aliphatic hydroxyl groups excluding tert-OH is 2. The van der Waals surface area contributed by atoms with Crippen LogP contribution in [0.25, 0.3) is 0 Å². The molecular weight excluding hydrogens is 168 g/mol. The van der Waals surface area contributed by atoms with Crippen molar-refractivity contribution in [3.05, 3.63) is 12.2 Å². The van der Waals surface area contributed by atoms with E-state index in [4.69, 9.17) is 4.74 Å². The third kappa shape index (κ3) is 1.31. The van der Waals surface area contributed by atoms with Crippen LogP contribution in [0, 0.1) is 11.8 Å². The molecular formula is C10H16O3. The van der Waals surface area contributed by atoms with Crippen molar-refractivity contribution in [3.63, 3.8) is 0 Å². The van der Waals surface area contributed by atoms with Crippen molar-refractivity contribution >= 4 is 0 Å². The van der Waals surface area contributed by atoms with Crippen LogP contribution in [0.2, 0.25) is 0 Å². The maximum atomic E-state index is 9.76. The fourth-order valence-corrected chi connectivity index (χ4v) is 2.42. The third-order valence-electron chi connectivity index (χ3n) is 3.17. The summed E-state index contributed by atoms with van der Waals surface area (Å²) in [5.41, 5.74) is 0. The minimum absolute atomic E-state index is 0.0251. The summed E-state index contributed by atoms with van der Waals surface area (Å²) < 4.78 is 5.58. The minimum atomic E-state index is -0.350. The van der Waals surface area contributed by atoms with Gasteiger partial charge in [0.1, 0.15) is 0 Å². The summed E-state index contributed by atoms with van der Waals surface area (Å²) in [6, 6.07) is 0. The van der Waals surface area contributed by atoms with Gasteiger partial charge in [-0.1, -0.05) is 19.1 Å². The Morgan fingerprint density at radius 1 is 1.38 bits per heavy atom. The van der Waals surface area contributed by atoms with E-state index in [1.54, 1.807) is 0 Å². The van der Waals surface area contributed by atoms with Crippen LogP contribution in [-0.2, 0) is 4.74 Å². The summed E-state index contributed by atoms with van der Waals surface area (Å²) in [7, 11) is 0. The monoisotopic (exact) mass is 184 g/mol. The Morgan fingerprint density at radius 2 is 2.08 bits per heavy atom. The van der Waals surface area contributed by atoms with Crippen molar-refractivity contribution in [3.8, 4) is 0 Å². The molecule has 1 fully saturated rings. The molecule has 3 heteroatoms. The molecule has 5 atom stereocenters. The summed E-state index contributed by atoms with van der Waals surface area (Å²) in [6.07, 6.45) is 4.42. The number of ether oxygens (including phenoxy) is 1. The first-order chi connectivity index (χ1) is 6.27. The normalized spacial score (nSPS) is 44.2. The van der Waals surface area contributed by atoms with Gasteiger partial charge in [-0.25, -0.2) is 0 Å². The zero-order chi connectivity index (χ0) is 9.42. The summed E-state index contributed by atoms with van der Waals surface area (Å²) in [6.45, 7) is 2.06. The predicted molar refractivity (Wildman–Crippen MR) is 48.2 cm³/mol. The molecule has 1 saturated heterocycles. The van der Waals surface area contributed by atoms with E-state index in [0.29, 0.717) is 0 Å². The van der Waals surface area contributed by atoms with Crippen molar-refractivity contribution < 1.29 is 14.9 Å². The molecule has 0 aliphatic carbocycles. The first kappa shape index (κ1) is 9.19. The standard InChI is InChI=1S/C10H16O3/c1-2-7(12)10-6(5-11)8-3-4-9(10)13-8/h3-4,6-12H,2,5H2,1H3/t6-,7?,8-,9+,10+/m1/s1. The second-order valence-electron chi connectivity index (χ2n) is 3.85. The average Bonchev–Trinajstić information content (AvgIpc) is 2.74. The topological polar surface area (TPSA) is 49.7 Å². The number of rotatable bonds is 3. The molecule has 2 aliphatic rings. The molecule has 13 heavy (non-hydrogen) atoms. The highest BCUT2D eigenvalue weighted by Gasteiger charge is 2.47. The Bertz CT molecular complexity index is 214. The van der Waals surface area contributed by atoms with Crippen LogP contribution in [-0.4, -0.2) is 35.1 Å². The van der Waals surface area contributed by atoms with Crippen molar-refractivity contribution in [2.24, 2.45) is 11.8 Å². The Kier molecular flexibility index (Phi) is 2.41. The lowest BCUT2D eigenvalue weighted by molar-refractivity contribution is 0.0449. The Labute approximate surface area is 78.0 Å². The quantitative estimate of drug-likeness (QED) is 0.621. The molecule has 2 N–H and O–H groups in total. The molecule has 74 valence electrons. The minimum Gasteiger partial charge on any atom is -0.396 e. The van der Waals surface area contributed by atoms with Crippen LogP contribution < -0.4 is 0 Å². The van der Waals surface area contributed by atoms with Gasteiger partial charge in [0.25, 0.3) is 0 Å². The fraction of sp³-hybridized carbons (Fsp3) is 0.800. The van der Waals surface area contributed by atoms with Gasteiger partial charge in [-0.15, -0.1) is 0 Å². The van der Waals surface area contributed by atoms with Gasteiger partial charge in [0.15, 0.2) is 0 Å². The van der Waals surface area contributed by atoms with Gasteiger partial charge in [0, 0.05) is 18.4 Å². The van der Waals surface area contributed by atoms with Crippen LogP contribution in [0.5, 0.6) is 0 Å². The summed E-state index contributed by atoms with van der Waals surface area (Å²) in [5, 5.41) is 18.9. The number of hydrogen-bond acceptors (Lipinski definition) is 3. The summed E-state index contributed by atoms with van der Waals surface area (Å²) in [4.78, 5) is 0. The third-order valence-corrected chi connectivity index (χ3v) is 3.17. The molecule has 0 radical (unpaired) electrons. The Morgan fingerprint density at radius 3 is 2.69 bits per heavy atom. The van der Waals surface area contributed by atoms with E-state index >= 15 is 0 Å². The highest BCUT2D eigenvalue weighted by Crippen LogP contribution is 2.41. The van der Waals surface area contributed by atoms with Crippen molar-refractivity contribution in [2.45, 2.75) is 31.7 Å². The zero-order valence-corrected chi connectivity index (χ0v) is 7.76. The van der Waals surface area contributed by atoms with Gasteiger partial charge in [-0.2, -0.15) is 0 Å². The zero-order valence-electron chi connectivity index (χ0n) is 7.76. The smallest absolute Gasteiger partial charge is 0.0822 e. The SMILES string of the molecule is CCC(O)[C@@H]1[C@H](CO)[C@H]2C=C[C@@H]1O2. The predicted octanol–water partition coefficient (Wildman–Crippen LogP) is 0.319. The lowest BCUT2D eigenvalue weighted by atomic mass is 9.79. The van der Waals surface area contributed by atoms with E-state index in [1.165, 1.54) is 0 Å². The van der Waals surface area contributed by atoms with Gasteiger partial charge in [-0.05, 0) is 6.42 Å². The number of hydrogen-bond donors (Lipinski definition) is 2. The lowest BCUT2D eigenvalue weighted by Gasteiger charge is -2.27. The molecule has 2 aliphatic heterocycles. The molecule has 3 nitrogen and oxygen atoms in total. The van der Waals surface area contributed by atoms with Crippen LogP contribution >= 0.6 is 0 Å². The van der Waals surface area contributed by atoms with Gasteiger partial charge in [-0.3, -0.25) is 0 Å². The molecule has 1 unspecified atom stereocenters. The van der Waals surface area contributed by atoms with Crippen LogP contribution in [0.3, 0.4) is 0 Å². The van der Waals surface area contributed by atoms with Gasteiger partial charge in [0.2, 0.25) is 0 Å². The van der Waals surface area contributed by atoms with E-state index in [-0.39, 0.29) is 36.8 Å². The van der Waals surface area contributed by atoms with Gasteiger partial charge >= 0.3 is 0 Å². The van der Waals surface area contributed by atoms with Crippen LogP contribution in [0.1, 0.15) is 13.3 Å². The summed E-state index contributed by atoms with van der Waals surface area (Å²) in [5.74, 6) is 0.176. The van der Waals surface area contributed by atoms with E-state index < -0.39 is 0 Å². The van der Waals surface area contributed by atoms with E-state index in [0.717, 1.165) is 6.42 Å². The fourth-order valence-electron chi connectivity index (χ4n) is 2.42. The van der Waals surface area contributed by atoms with Crippen molar-refractivity contribution in [2.75, 3.05) is 6.61 Å². The lowest BCUT2D eigenvalue weighted by Crippen LogP contribution is -2.35. The van der Waals surface area contributed by atoms with E-state index in [1.807, 2.05) is 19.1 Å². The second-order valence-corrected chi connectivity index (χ2v) is 3.85. The molecule has 0 aromatic heterocycles. The Hall–Kier alpha value is -0.380. The van der Waals surface area contributed by atoms with Gasteiger partial charge in [0.05, 0.1) is 18.3 Å². The highest BCUT2D eigenvalue weighted by atomic mass is 16.5. The molecule has 0 aromatic rings. The summed E-state index contributed by atoms with van der Waals surface area (Å²) >= 11 is 0. The highest BCUT2D eigenvalue weighted by molar-refractivity contribution is 5.15. The van der Waals surface area contributed by atoms with E-state index in [9.17, 15) is 10.2 Å². The molecule has 0 saturated carbocycles. The molecule has 0 amide bonds. The first-order valence-corrected chi connectivity index (χ1v) is 4.90.